The van der Waals surface area contributed by atoms with Gasteiger partial charge in [0.25, 0.3) is 10.0 Å². The van der Waals surface area contributed by atoms with E-state index in [0.717, 1.165) is 43.0 Å². The molecular formula is C19H18Cl2N4O2S. The van der Waals surface area contributed by atoms with Gasteiger partial charge in [-0.15, -0.1) is 10.2 Å². The maximum atomic E-state index is 12.6. The van der Waals surface area contributed by atoms with Crippen LogP contribution in [-0.2, 0) is 23.0 Å². The predicted molar refractivity (Wildman–Crippen MR) is 110 cm³/mol. The number of nitrogens with zero attached hydrogens (tertiary/aromatic N) is 3. The molecule has 0 saturated heterocycles. The third-order valence-corrected chi connectivity index (χ3v) is 6.79. The molecule has 0 unspecified atom stereocenters. The Balaban J connectivity index is 1.59. The molecule has 3 aromatic rings. The van der Waals surface area contributed by atoms with Crippen LogP contribution in [-0.4, -0.2) is 23.2 Å². The van der Waals surface area contributed by atoms with E-state index in [0.29, 0.717) is 10.7 Å². The Hall–Kier alpha value is -2.09. The topological polar surface area (TPSA) is 76.9 Å². The Labute approximate surface area is 173 Å². The highest BCUT2D eigenvalue weighted by Gasteiger charge is 2.19. The number of sulfonamides is 1. The Morgan fingerprint density at radius 2 is 1.75 bits per heavy atom. The lowest BCUT2D eigenvalue weighted by Crippen LogP contribution is -2.13. The third-order valence-electron chi connectivity index (χ3n) is 4.69. The van der Waals surface area contributed by atoms with E-state index in [9.17, 15) is 8.42 Å². The molecule has 0 fully saturated rings. The molecule has 1 aliphatic rings. The van der Waals surface area contributed by atoms with Crippen LogP contribution in [0.4, 0.5) is 5.69 Å². The summed E-state index contributed by atoms with van der Waals surface area (Å²) in [5, 5.41) is 9.04. The summed E-state index contributed by atoms with van der Waals surface area (Å²) in [6.45, 7) is 0.902. The molecule has 1 N–H and O–H groups in total. The van der Waals surface area contributed by atoms with Crippen molar-refractivity contribution in [2.24, 2.45) is 0 Å². The van der Waals surface area contributed by atoms with Crippen molar-refractivity contribution in [3.8, 4) is 11.4 Å². The summed E-state index contributed by atoms with van der Waals surface area (Å²) in [5.41, 5.74) is 1.32. The second-order valence-electron chi connectivity index (χ2n) is 6.66. The molecule has 9 heteroatoms. The zero-order valence-electron chi connectivity index (χ0n) is 14.9. The van der Waals surface area contributed by atoms with Gasteiger partial charge in [-0.05, 0) is 55.3 Å². The van der Waals surface area contributed by atoms with Crippen LogP contribution >= 0.6 is 23.2 Å². The van der Waals surface area contributed by atoms with Crippen molar-refractivity contribution >= 4 is 38.9 Å². The molecule has 146 valence electrons. The zero-order valence-corrected chi connectivity index (χ0v) is 17.2. The molecule has 0 atom stereocenters. The van der Waals surface area contributed by atoms with Gasteiger partial charge in [-0.3, -0.25) is 4.72 Å². The Morgan fingerprint density at radius 3 is 2.54 bits per heavy atom. The fourth-order valence-electron chi connectivity index (χ4n) is 3.28. The molecule has 28 heavy (non-hydrogen) atoms. The normalized spacial score (nSPS) is 14.4. The van der Waals surface area contributed by atoms with Gasteiger partial charge in [0.15, 0.2) is 5.82 Å². The van der Waals surface area contributed by atoms with Gasteiger partial charge >= 0.3 is 0 Å². The van der Waals surface area contributed by atoms with Crippen LogP contribution in [0.3, 0.4) is 0 Å². The largest absolute Gasteiger partial charge is 0.311 e. The third kappa shape index (κ3) is 3.87. The minimum Gasteiger partial charge on any atom is -0.311 e. The van der Waals surface area contributed by atoms with Crippen LogP contribution < -0.4 is 4.72 Å². The molecule has 2 heterocycles. The van der Waals surface area contributed by atoms with Gasteiger partial charge in [-0.1, -0.05) is 29.6 Å². The molecule has 4 rings (SSSR count). The number of hydrogen-bond acceptors (Lipinski definition) is 4. The monoisotopic (exact) mass is 436 g/mol. The first kappa shape index (κ1) is 19.2. The molecule has 0 aliphatic carbocycles. The molecule has 0 amide bonds. The second-order valence-corrected chi connectivity index (χ2v) is 9.15. The van der Waals surface area contributed by atoms with Crippen LogP contribution in [0.5, 0.6) is 0 Å². The SMILES string of the molecule is O=S(=O)(Nc1ccc(-c2nnc3n2CCCCC3)cc1)c1cc(Cl)ccc1Cl. The highest BCUT2D eigenvalue weighted by molar-refractivity contribution is 7.92. The summed E-state index contributed by atoms with van der Waals surface area (Å²) >= 11 is 11.9. The van der Waals surface area contributed by atoms with Gasteiger partial charge in [0.05, 0.1) is 5.02 Å². The van der Waals surface area contributed by atoms with Crippen molar-refractivity contribution in [3.63, 3.8) is 0 Å². The summed E-state index contributed by atoms with van der Waals surface area (Å²) < 4.78 is 30.0. The zero-order chi connectivity index (χ0) is 19.7. The Bertz CT molecular complexity index is 1110. The molecule has 1 aromatic heterocycles. The summed E-state index contributed by atoms with van der Waals surface area (Å²) in [6, 6.07) is 11.4. The van der Waals surface area contributed by atoms with Crippen LogP contribution in [0.1, 0.15) is 25.1 Å². The minimum atomic E-state index is -3.85. The summed E-state index contributed by atoms with van der Waals surface area (Å²) in [5.74, 6) is 1.82. The number of hydrogen-bond donors (Lipinski definition) is 1. The van der Waals surface area contributed by atoms with Crippen molar-refractivity contribution in [1.29, 1.82) is 0 Å². The van der Waals surface area contributed by atoms with E-state index in [1.807, 2.05) is 12.1 Å². The summed E-state index contributed by atoms with van der Waals surface area (Å²) in [6.07, 6.45) is 4.36. The quantitative estimate of drug-likeness (QED) is 0.638. The lowest BCUT2D eigenvalue weighted by atomic mass is 10.2. The van der Waals surface area contributed by atoms with Gasteiger partial charge in [0.1, 0.15) is 10.7 Å². The van der Waals surface area contributed by atoms with Crippen LogP contribution in [0, 0.1) is 0 Å². The number of benzene rings is 2. The van der Waals surface area contributed by atoms with Crippen molar-refractivity contribution in [2.45, 2.75) is 37.1 Å². The van der Waals surface area contributed by atoms with E-state index in [1.165, 1.54) is 18.6 Å². The van der Waals surface area contributed by atoms with Gasteiger partial charge in [-0.2, -0.15) is 0 Å². The molecule has 6 nitrogen and oxygen atoms in total. The Morgan fingerprint density at radius 1 is 0.964 bits per heavy atom. The van der Waals surface area contributed by atoms with Gasteiger partial charge in [-0.25, -0.2) is 8.42 Å². The van der Waals surface area contributed by atoms with Crippen molar-refractivity contribution in [3.05, 3.63) is 58.3 Å². The number of aryl methyl sites for hydroxylation is 1. The maximum Gasteiger partial charge on any atom is 0.263 e. The molecule has 1 aliphatic heterocycles. The first-order chi connectivity index (χ1) is 13.4. The van der Waals surface area contributed by atoms with E-state index in [4.69, 9.17) is 23.2 Å². The van der Waals surface area contributed by atoms with Crippen molar-refractivity contribution in [1.82, 2.24) is 14.8 Å². The van der Waals surface area contributed by atoms with Crippen molar-refractivity contribution in [2.75, 3.05) is 4.72 Å². The molecule has 0 radical (unpaired) electrons. The number of aromatic nitrogens is 3. The lowest BCUT2D eigenvalue weighted by molar-refractivity contribution is 0.601. The van der Waals surface area contributed by atoms with E-state index in [-0.39, 0.29) is 9.92 Å². The van der Waals surface area contributed by atoms with E-state index < -0.39 is 10.0 Å². The minimum absolute atomic E-state index is 0.0616. The predicted octanol–water partition coefficient (Wildman–Crippen LogP) is 4.78. The highest BCUT2D eigenvalue weighted by atomic mass is 35.5. The fourth-order valence-corrected chi connectivity index (χ4v) is 5.10. The summed E-state index contributed by atoms with van der Waals surface area (Å²) in [4.78, 5) is -0.0616. The molecule has 2 aromatic carbocycles. The Kier molecular flexibility index (Phi) is 5.31. The molecule has 0 saturated carbocycles. The smallest absolute Gasteiger partial charge is 0.263 e. The van der Waals surface area contributed by atoms with E-state index in [1.54, 1.807) is 18.2 Å². The van der Waals surface area contributed by atoms with Crippen LogP contribution in [0.2, 0.25) is 10.0 Å². The van der Waals surface area contributed by atoms with Crippen LogP contribution in [0.25, 0.3) is 11.4 Å². The average Bonchev–Trinajstić information content (AvgIpc) is 2.92. The standard InChI is InChI=1S/C19H18Cl2N4O2S/c20-14-7-10-16(21)17(12-14)28(26,27)24-15-8-5-13(6-9-15)19-23-22-18-4-2-1-3-11-25(18)19/h5-10,12,24H,1-4,11H2. The molecule has 0 bridgehead atoms. The fraction of sp³-hybridized carbons (Fsp3) is 0.263. The number of anilines is 1. The molecule has 0 spiro atoms. The first-order valence-electron chi connectivity index (χ1n) is 8.94. The number of nitrogens with one attached hydrogen (secondary N) is 1. The lowest BCUT2D eigenvalue weighted by Gasteiger charge is -2.11. The number of rotatable bonds is 4. The average molecular weight is 437 g/mol. The number of fused-ring (bicyclic) bond motifs is 1. The van der Waals surface area contributed by atoms with Gasteiger partial charge in [0, 0.05) is 29.2 Å². The van der Waals surface area contributed by atoms with Crippen LogP contribution in [0.15, 0.2) is 47.4 Å². The van der Waals surface area contributed by atoms with Gasteiger partial charge in [0.2, 0.25) is 0 Å². The van der Waals surface area contributed by atoms with E-state index in [2.05, 4.69) is 19.5 Å². The molecular weight excluding hydrogens is 419 g/mol. The number of halogens is 2. The first-order valence-corrected chi connectivity index (χ1v) is 11.2. The highest BCUT2D eigenvalue weighted by Crippen LogP contribution is 2.28. The van der Waals surface area contributed by atoms with E-state index >= 15 is 0 Å². The summed E-state index contributed by atoms with van der Waals surface area (Å²) in [7, 11) is -3.85. The maximum absolute atomic E-state index is 12.6. The van der Waals surface area contributed by atoms with Crippen molar-refractivity contribution < 1.29 is 8.42 Å². The second kappa shape index (κ2) is 7.73. The van der Waals surface area contributed by atoms with Gasteiger partial charge < -0.3 is 4.57 Å².